The van der Waals surface area contributed by atoms with Crippen LogP contribution in [0.4, 0.5) is 0 Å². The second-order valence-electron chi connectivity index (χ2n) is 6.42. The van der Waals surface area contributed by atoms with Gasteiger partial charge in [-0.25, -0.2) is 4.98 Å². The maximum absolute atomic E-state index is 4.70. The van der Waals surface area contributed by atoms with Gasteiger partial charge in [0.15, 0.2) is 0 Å². The van der Waals surface area contributed by atoms with E-state index in [0.717, 1.165) is 29.5 Å². The highest BCUT2D eigenvalue weighted by atomic mass is 32.1. The van der Waals surface area contributed by atoms with Crippen molar-refractivity contribution in [3.05, 3.63) is 34.0 Å². The predicted octanol–water partition coefficient (Wildman–Crippen LogP) is 3.18. The zero-order valence-electron chi connectivity index (χ0n) is 13.0. The fourth-order valence-corrected chi connectivity index (χ4v) is 2.77. The largest absolute Gasteiger partial charge is 0.309 e. The second kappa shape index (κ2) is 6.06. The molecule has 2 aromatic heterocycles. The van der Waals surface area contributed by atoms with E-state index >= 15 is 0 Å². The first-order valence-electron chi connectivity index (χ1n) is 7.05. The van der Waals surface area contributed by atoms with Crippen LogP contribution < -0.4 is 5.32 Å². The van der Waals surface area contributed by atoms with Crippen molar-refractivity contribution in [3.63, 3.8) is 0 Å². The summed E-state index contributed by atoms with van der Waals surface area (Å²) in [5, 5.41) is 11.2. The third-order valence-electron chi connectivity index (χ3n) is 3.00. The third-order valence-corrected chi connectivity index (χ3v) is 3.84. The van der Waals surface area contributed by atoms with Crippen LogP contribution in [0, 0.1) is 0 Å². The van der Waals surface area contributed by atoms with Crippen LogP contribution in [0.1, 0.15) is 51.0 Å². The van der Waals surface area contributed by atoms with Crippen LogP contribution >= 0.6 is 11.3 Å². The number of hydrogen-bond donors (Lipinski definition) is 1. The van der Waals surface area contributed by atoms with E-state index in [1.807, 2.05) is 10.9 Å². The normalized spacial score (nSPS) is 12.3. The second-order valence-corrected chi connectivity index (χ2v) is 7.36. The molecule has 2 rings (SSSR count). The van der Waals surface area contributed by atoms with Gasteiger partial charge in [-0.15, -0.1) is 11.3 Å². The molecule has 0 radical (unpaired) electrons. The van der Waals surface area contributed by atoms with Gasteiger partial charge in [-0.3, -0.25) is 4.68 Å². The Morgan fingerprint density at radius 3 is 2.70 bits per heavy atom. The average Bonchev–Trinajstić information content (AvgIpc) is 2.95. The Morgan fingerprint density at radius 2 is 2.10 bits per heavy atom. The van der Waals surface area contributed by atoms with Crippen molar-refractivity contribution in [3.8, 4) is 0 Å². The summed E-state index contributed by atoms with van der Waals surface area (Å²) in [5.41, 5.74) is 2.35. The van der Waals surface area contributed by atoms with Crippen molar-refractivity contribution >= 4 is 11.3 Å². The zero-order chi connectivity index (χ0) is 14.8. The Labute approximate surface area is 125 Å². The van der Waals surface area contributed by atoms with E-state index in [1.165, 1.54) is 0 Å². The first-order chi connectivity index (χ1) is 9.34. The van der Waals surface area contributed by atoms with E-state index in [4.69, 9.17) is 4.98 Å². The first-order valence-corrected chi connectivity index (χ1v) is 7.93. The summed E-state index contributed by atoms with van der Waals surface area (Å²) >= 11 is 1.71. The summed E-state index contributed by atoms with van der Waals surface area (Å²) in [4.78, 5) is 4.70. The van der Waals surface area contributed by atoms with E-state index in [2.05, 4.69) is 56.5 Å². The highest BCUT2D eigenvalue weighted by molar-refractivity contribution is 7.09. The van der Waals surface area contributed by atoms with Gasteiger partial charge in [-0.1, -0.05) is 34.6 Å². The number of hydrogen-bond acceptors (Lipinski definition) is 4. The molecule has 0 atom stereocenters. The summed E-state index contributed by atoms with van der Waals surface area (Å²) in [6, 6.07) is 2.54. The minimum absolute atomic E-state index is 0.116. The van der Waals surface area contributed by atoms with Crippen molar-refractivity contribution in [2.24, 2.45) is 0 Å². The van der Waals surface area contributed by atoms with Crippen molar-refractivity contribution in [2.75, 3.05) is 0 Å². The molecule has 0 unspecified atom stereocenters. The molecule has 2 heterocycles. The van der Waals surface area contributed by atoms with Crippen LogP contribution in [0.15, 0.2) is 17.6 Å². The lowest BCUT2D eigenvalue weighted by Crippen LogP contribution is -2.22. The number of nitrogens with zero attached hydrogens (tertiary/aromatic N) is 3. The summed E-state index contributed by atoms with van der Waals surface area (Å²) < 4.78 is 1.96. The van der Waals surface area contributed by atoms with E-state index in [0.29, 0.717) is 6.04 Å². The number of rotatable bonds is 5. The molecule has 0 aromatic carbocycles. The van der Waals surface area contributed by atoms with Gasteiger partial charge in [-0.05, 0) is 6.07 Å². The molecule has 0 fully saturated rings. The molecular formula is C15H24N4S. The van der Waals surface area contributed by atoms with Crippen LogP contribution in [0.25, 0.3) is 0 Å². The molecular weight excluding hydrogens is 268 g/mol. The van der Waals surface area contributed by atoms with Gasteiger partial charge in [0.25, 0.3) is 0 Å². The average molecular weight is 292 g/mol. The maximum Gasteiger partial charge on any atom is 0.114 e. The van der Waals surface area contributed by atoms with Gasteiger partial charge < -0.3 is 5.32 Å². The fourth-order valence-electron chi connectivity index (χ4n) is 1.76. The highest BCUT2D eigenvalue weighted by Crippen LogP contribution is 2.24. The highest BCUT2D eigenvalue weighted by Gasteiger charge is 2.17. The van der Waals surface area contributed by atoms with Crippen molar-refractivity contribution in [2.45, 2.75) is 59.2 Å². The molecule has 0 amide bonds. The molecule has 0 aliphatic rings. The number of thiazole rings is 1. The van der Waals surface area contributed by atoms with Crippen molar-refractivity contribution in [1.82, 2.24) is 20.1 Å². The topological polar surface area (TPSA) is 42.7 Å². The Balaban J connectivity index is 1.98. The van der Waals surface area contributed by atoms with Gasteiger partial charge in [0.1, 0.15) is 5.01 Å². The van der Waals surface area contributed by atoms with Crippen LogP contribution in [0.3, 0.4) is 0 Å². The lowest BCUT2D eigenvalue weighted by atomic mass is 9.93. The van der Waals surface area contributed by atoms with Crippen molar-refractivity contribution < 1.29 is 0 Å². The monoisotopic (exact) mass is 292 g/mol. The van der Waals surface area contributed by atoms with E-state index in [-0.39, 0.29) is 5.41 Å². The van der Waals surface area contributed by atoms with Crippen LogP contribution in [0.5, 0.6) is 0 Å². The lowest BCUT2D eigenvalue weighted by molar-refractivity contribution is 0.562. The number of aromatic nitrogens is 3. The van der Waals surface area contributed by atoms with E-state index in [9.17, 15) is 0 Å². The Morgan fingerprint density at radius 1 is 1.35 bits per heavy atom. The van der Waals surface area contributed by atoms with Gasteiger partial charge >= 0.3 is 0 Å². The predicted molar refractivity (Wildman–Crippen MR) is 84.1 cm³/mol. The third kappa shape index (κ3) is 4.15. The van der Waals surface area contributed by atoms with Gasteiger partial charge in [0.05, 0.1) is 17.9 Å². The smallest absolute Gasteiger partial charge is 0.114 e. The zero-order valence-corrected chi connectivity index (χ0v) is 13.8. The molecule has 20 heavy (non-hydrogen) atoms. The van der Waals surface area contributed by atoms with Crippen LogP contribution in [-0.4, -0.2) is 20.8 Å². The fraction of sp³-hybridized carbons (Fsp3) is 0.600. The Bertz CT molecular complexity index is 548. The molecule has 0 bridgehead atoms. The van der Waals surface area contributed by atoms with Gasteiger partial charge in [0, 0.05) is 29.6 Å². The minimum atomic E-state index is 0.116. The van der Waals surface area contributed by atoms with Gasteiger partial charge in [0.2, 0.25) is 0 Å². The van der Waals surface area contributed by atoms with E-state index < -0.39 is 0 Å². The molecule has 0 saturated heterocycles. The minimum Gasteiger partial charge on any atom is -0.309 e. The van der Waals surface area contributed by atoms with Crippen LogP contribution in [-0.2, 0) is 18.5 Å². The summed E-state index contributed by atoms with van der Waals surface area (Å²) in [5.74, 6) is 0. The van der Waals surface area contributed by atoms with Crippen LogP contribution in [0.2, 0.25) is 0 Å². The Hall–Kier alpha value is -1.20. The molecule has 2 aromatic rings. The summed E-state index contributed by atoms with van der Waals surface area (Å²) in [6.07, 6.45) is 2.02. The van der Waals surface area contributed by atoms with Crippen molar-refractivity contribution in [1.29, 1.82) is 0 Å². The van der Waals surface area contributed by atoms with E-state index in [1.54, 1.807) is 11.3 Å². The standard InChI is InChI=1S/C15H24N4S/c1-11(2)16-8-12-6-7-19(18-12)9-14-17-13(10-20-14)15(3,4)5/h6-7,10-11,16H,8-9H2,1-5H3. The molecule has 0 aliphatic carbocycles. The molecule has 0 aliphatic heterocycles. The molecule has 4 nitrogen and oxygen atoms in total. The molecule has 1 N–H and O–H groups in total. The summed E-state index contributed by atoms with van der Waals surface area (Å²) in [7, 11) is 0. The number of nitrogens with one attached hydrogen (secondary N) is 1. The first kappa shape index (κ1) is 15.2. The van der Waals surface area contributed by atoms with Gasteiger partial charge in [-0.2, -0.15) is 5.10 Å². The maximum atomic E-state index is 4.70. The molecule has 5 heteroatoms. The molecule has 0 saturated carbocycles. The molecule has 0 spiro atoms. The quantitative estimate of drug-likeness (QED) is 0.920. The SMILES string of the molecule is CC(C)NCc1ccn(Cc2nc(C(C)(C)C)cs2)n1. The molecule has 110 valence electrons. The lowest BCUT2D eigenvalue weighted by Gasteiger charge is -2.14. The Kier molecular flexibility index (Phi) is 4.60. The summed E-state index contributed by atoms with van der Waals surface area (Å²) in [6.45, 7) is 12.4.